The van der Waals surface area contributed by atoms with Crippen LogP contribution >= 0.6 is 34.0 Å². The Kier molecular flexibility index (Phi) is 109. The topological polar surface area (TPSA) is 91.5 Å². The molecule has 0 unspecified atom stereocenters. The van der Waals surface area contributed by atoms with Crippen LogP contribution in [0.2, 0.25) is 0 Å². The highest BCUT2D eigenvalue weighted by atomic mass is 32.1. The molecule has 0 aliphatic rings. The minimum atomic E-state index is -0.211. The molecule has 0 saturated heterocycles. The standard InChI is InChI=1S/C8H6O.C8H6S.C5H5N.C4H8O2.2C4H4O.C4H4S.7C4H10.C3H3NS.6CH4/c2*1-2-4-8-7(3-1)5-6-9-8;1-2-4-6-5-3-1;1-3-6-4(2)5;3*1-2-4-5-3-1;7*1-4(2)3;1-2-5-3-4-1;;;;;;/h2*1-6H;1-5H;3H2,1-2H3;3*1-4H;7*4H,1-3H3;1-3H;6*1H4. The summed E-state index contributed by atoms with van der Waals surface area (Å²) in [5.41, 5.74) is 2.75. The van der Waals surface area contributed by atoms with Crippen LogP contribution in [0, 0.1) is 41.4 Å². The number of para-hydroxylation sites is 1. The molecular weight excluding hydrogens is 1090 g/mol. The smallest absolute Gasteiger partial charge is 0.302 e. The van der Waals surface area contributed by atoms with Crippen LogP contribution in [-0.4, -0.2) is 22.5 Å². The number of thiophene rings is 2. The molecule has 2 aromatic carbocycles. The number of rotatable bonds is 1. The molecule has 0 N–H and O–H groups in total. The van der Waals surface area contributed by atoms with Gasteiger partial charge in [0, 0.05) is 41.0 Å². The molecule has 84 heavy (non-hydrogen) atoms. The Labute approximate surface area is 534 Å². The molecule has 9 rings (SSSR count). The molecular formula is C74H134N2O5S3. The zero-order chi connectivity index (χ0) is 60.6. The second-order valence-electron chi connectivity index (χ2n) is 21.0. The summed E-state index contributed by atoms with van der Waals surface area (Å²) < 4.78 is 20.1. The number of fused-ring (bicyclic) bond motifs is 2. The van der Waals surface area contributed by atoms with Crippen LogP contribution in [0.3, 0.4) is 0 Å². The lowest BCUT2D eigenvalue weighted by atomic mass is 10.3. The highest BCUT2D eigenvalue weighted by Gasteiger charge is 1.90. The van der Waals surface area contributed by atoms with Gasteiger partial charge in [0.15, 0.2) is 0 Å². The highest BCUT2D eigenvalue weighted by molar-refractivity contribution is 7.17. The third-order valence-electron chi connectivity index (χ3n) is 5.26. The molecule has 0 aliphatic carbocycles. The van der Waals surface area contributed by atoms with Crippen LogP contribution in [-0.2, 0) is 9.53 Å². The number of carbonyl (C=O) groups is 1. The minimum absolute atomic E-state index is 0. The fourth-order valence-corrected chi connectivity index (χ4v) is 4.78. The fraction of sp³-hybridized carbons (Fsp3) is 0.500. The summed E-state index contributed by atoms with van der Waals surface area (Å²) in [5.74, 6) is 5.62. The minimum Gasteiger partial charge on any atom is -0.473 e. The average molecular weight is 1230 g/mol. The molecule has 0 atom stereocenters. The number of esters is 1. The molecule has 0 aliphatic heterocycles. The highest BCUT2D eigenvalue weighted by Crippen LogP contribution is 2.19. The van der Waals surface area contributed by atoms with Crippen molar-refractivity contribution < 1.29 is 22.8 Å². The Balaban J connectivity index is -0.0000000665. The number of ether oxygens (including phenoxy) is 1. The summed E-state index contributed by atoms with van der Waals surface area (Å²) in [6.07, 6.45) is 13.5. The lowest BCUT2D eigenvalue weighted by Crippen LogP contribution is -1.95. The van der Waals surface area contributed by atoms with Crippen LogP contribution in [0.1, 0.15) is 204 Å². The Hall–Kier alpha value is -5.55. The van der Waals surface area contributed by atoms with Crippen molar-refractivity contribution in [2.24, 2.45) is 41.4 Å². The van der Waals surface area contributed by atoms with E-state index in [4.69, 9.17) is 4.42 Å². The van der Waals surface area contributed by atoms with E-state index >= 15 is 0 Å². The molecule has 7 aromatic heterocycles. The van der Waals surface area contributed by atoms with Crippen LogP contribution in [0.5, 0.6) is 0 Å². The van der Waals surface area contributed by atoms with Crippen molar-refractivity contribution in [2.45, 2.75) is 204 Å². The zero-order valence-corrected chi connectivity index (χ0v) is 55.3. The Bertz CT molecular complexity index is 1860. The Morgan fingerprint density at radius 3 is 1.01 bits per heavy atom. The van der Waals surface area contributed by atoms with Gasteiger partial charge < -0.3 is 18.0 Å². The van der Waals surface area contributed by atoms with Gasteiger partial charge in [-0.05, 0) is 131 Å². The summed E-state index contributed by atoms with van der Waals surface area (Å²) in [6.45, 7) is 49.2. The Morgan fingerprint density at radius 1 is 0.405 bits per heavy atom. The van der Waals surface area contributed by atoms with Crippen molar-refractivity contribution in [2.75, 3.05) is 6.61 Å². The van der Waals surface area contributed by atoms with E-state index in [-0.39, 0.29) is 50.5 Å². The first-order valence-electron chi connectivity index (χ1n) is 27.4. The monoisotopic (exact) mass is 1230 g/mol. The van der Waals surface area contributed by atoms with E-state index in [1.807, 2.05) is 101 Å². The van der Waals surface area contributed by atoms with Gasteiger partial charge in [0.25, 0.3) is 0 Å². The van der Waals surface area contributed by atoms with Crippen LogP contribution in [0.4, 0.5) is 0 Å². The number of benzene rings is 2. The first-order chi connectivity index (χ1) is 36.8. The lowest BCUT2D eigenvalue weighted by Gasteiger charge is -1.89. The van der Waals surface area contributed by atoms with E-state index in [1.54, 1.807) is 96.4 Å². The Morgan fingerprint density at radius 2 is 0.786 bits per heavy atom. The second-order valence-corrected chi connectivity index (χ2v) is 23.6. The molecule has 0 radical (unpaired) electrons. The van der Waals surface area contributed by atoms with Crippen molar-refractivity contribution in [1.82, 2.24) is 9.97 Å². The van der Waals surface area contributed by atoms with Gasteiger partial charge in [-0.2, -0.15) is 11.3 Å². The van der Waals surface area contributed by atoms with Gasteiger partial charge in [0.1, 0.15) is 5.58 Å². The largest absolute Gasteiger partial charge is 0.473 e. The number of nitrogens with zero attached hydrogens (tertiary/aromatic N) is 2. The number of furan rings is 3. The van der Waals surface area contributed by atoms with E-state index in [9.17, 15) is 4.79 Å². The van der Waals surface area contributed by atoms with Gasteiger partial charge in [0.2, 0.25) is 0 Å². The third kappa shape index (κ3) is 132. The van der Waals surface area contributed by atoms with Crippen molar-refractivity contribution in [3.05, 3.63) is 192 Å². The second kappa shape index (κ2) is 86.2. The van der Waals surface area contributed by atoms with E-state index < -0.39 is 0 Å². The van der Waals surface area contributed by atoms with E-state index in [1.165, 1.54) is 17.0 Å². The van der Waals surface area contributed by atoms with Gasteiger partial charge in [-0.1, -0.05) is 245 Å². The van der Waals surface area contributed by atoms with E-state index in [0.29, 0.717) is 6.61 Å². The molecule has 10 heteroatoms. The van der Waals surface area contributed by atoms with Crippen molar-refractivity contribution in [3.8, 4) is 0 Å². The molecule has 488 valence electrons. The summed E-state index contributed by atoms with van der Waals surface area (Å²) in [4.78, 5) is 17.3. The quantitative estimate of drug-likeness (QED) is 0.151. The number of hydrogen-bond donors (Lipinski definition) is 0. The maximum absolute atomic E-state index is 9.82. The van der Waals surface area contributed by atoms with Crippen molar-refractivity contribution >= 4 is 61.0 Å². The van der Waals surface area contributed by atoms with Gasteiger partial charge in [0.05, 0.1) is 43.4 Å². The molecule has 7 heterocycles. The van der Waals surface area contributed by atoms with Crippen LogP contribution in [0.25, 0.3) is 21.1 Å². The summed E-state index contributed by atoms with van der Waals surface area (Å²) in [5, 5.41) is 10.6. The molecule has 0 spiro atoms. The number of thiazole rings is 1. The van der Waals surface area contributed by atoms with E-state index in [2.05, 4.69) is 205 Å². The lowest BCUT2D eigenvalue weighted by molar-refractivity contribution is -0.140. The van der Waals surface area contributed by atoms with Gasteiger partial charge in [-0.3, -0.25) is 14.8 Å². The van der Waals surface area contributed by atoms with Crippen LogP contribution in [0.15, 0.2) is 205 Å². The predicted molar refractivity (Wildman–Crippen MR) is 392 cm³/mol. The van der Waals surface area contributed by atoms with Crippen LogP contribution < -0.4 is 0 Å². The van der Waals surface area contributed by atoms with Gasteiger partial charge >= 0.3 is 5.97 Å². The molecule has 0 saturated carbocycles. The summed E-state index contributed by atoms with van der Waals surface area (Å²) >= 11 is 5.10. The number of carbonyl (C=O) groups excluding carboxylic acids is 1. The summed E-state index contributed by atoms with van der Waals surface area (Å²) in [7, 11) is 0. The molecule has 7 nitrogen and oxygen atoms in total. The fourth-order valence-electron chi connectivity index (χ4n) is 3.18. The average Bonchev–Trinajstić information content (AvgIpc) is 4.22. The molecule has 0 bridgehead atoms. The maximum atomic E-state index is 9.82. The first kappa shape index (κ1) is 107. The summed E-state index contributed by atoms with van der Waals surface area (Å²) in [6, 6.07) is 37.5. The number of pyridine rings is 1. The third-order valence-corrected chi connectivity index (χ3v) is 7.31. The number of hydrogen-bond acceptors (Lipinski definition) is 10. The molecule has 0 fully saturated rings. The molecule has 0 amide bonds. The first-order valence-corrected chi connectivity index (χ1v) is 30.2. The normalized spacial score (nSPS) is 8.21. The van der Waals surface area contributed by atoms with Gasteiger partial charge in [-0.25, -0.2) is 0 Å². The zero-order valence-electron chi connectivity index (χ0n) is 52.9. The van der Waals surface area contributed by atoms with Gasteiger partial charge in [-0.15, -0.1) is 22.7 Å². The predicted octanol–water partition coefficient (Wildman–Crippen LogP) is 27.9. The van der Waals surface area contributed by atoms with Crippen molar-refractivity contribution in [1.29, 1.82) is 0 Å². The SMILES string of the molecule is C.C.C.C.C.C.CC(C)C.CC(C)C.CC(C)C.CC(C)C.CC(C)C.CC(C)C.CC(C)C.CCOC(C)=O.c1ccc2occc2c1.c1ccc2sccc2c1.c1ccncc1.c1ccoc1.c1ccoc1.c1ccsc1.c1cscn1. The maximum Gasteiger partial charge on any atom is 0.302 e. The number of aromatic nitrogens is 2. The van der Waals surface area contributed by atoms with E-state index in [0.717, 1.165) is 52.4 Å². The molecule has 9 aromatic rings. The van der Waals surface area contributed by atoms with Crippen molar-refractivity contribution in [3.63, 3.8) is 0 Å².